The molecule has 0 amide bonds. The molecule has 0 unspecified atom stereocenters. The van der Waals surface area contributed by atoms with E-state index in [1.807, 2.05) is 42.5 Å². The lowest BCUT2D eigenvalue weighted by Gasteiger charge is -2.35. The summed E-state index contributed by atoms with van der Waals surface area (Å²) in [7, 11) is 0. The summed E-state index contributed by atoms with van der Waals surface area (Å²) in [5, 5.41) is 17.3. The lowest BCUT2D eigenvalue weighted by atomic mass is 9.90. The van der Waals surface area contributed by atoms with Crippen LogP contribution >= 0.6 is 0 Å². The number of nitrogens with zero attached hydrogens (tertiary/aromatic N) is 5. The number of H-pyrrole nitrogens is 1. The molecule has 5 aromatic rings. The lowest BCUT2D eigenvalue weighted by Crippen LogP contribution is -2.38. The molecular weight excluding hydrogens is 443 g/mol. The second kappa shape index (κ2) is 9.03. The van der Waals surface area contributed by atoms with Crippen LogP contribution in [-0.4, -0.2) is 43.4 Å². The van der Waals surface area contributed by atoms with Gasteiger partial charge in [-0.2, -0.15) is 5.10 Å². The van der Waals surface area contributed by atoms with Crippen molar-refractivity contribution in [2.24, 2.45) is 5.92 Å². The summed E-state index contributed by atoms with van der Waals surface area (Å²) >= 11 is 0. The SMILES string of the molecule is C[C@H]1C[C@@H](c2nnc(-c3ccc4[nH]nc(-c5ccncc5)c4c3)o2)CN(Cc2ccccc2F)C1. The average Bonchev–Trinajstić information content (AvgIpc) is 3.53. The zero-order valence-electron chi connectivity index (χ0n) is 19.4. The van der Waals surface area contributed by atoms with Crippen LogP contribution < -0.4 is 0 Å². The van der Waals surface area contributed by atoms with E-state index in [0.717, 1.165) is 47.2 Å². The maximum Gasteiger partial charge on any atom is 0.247 e. The summed E-state index contributed by atoms with van der Waals surface area (Å²) in [5.74, 6) is 1.51. The lowest BCUT2D eigenvalue weighted by molar-refractivity contribution is 0.144. The normalized spacial score (nSPS) is 18.8. The van der Waals surface area contributed by atoms with E-state index in [1.54, 1.807) is 18.5 Å². The van der Waals surface area contributed by atoms with E-state index in [4.69, 9.17) is 4.42 Å². The highest BCUT2D eigenvalue weighted by Gasteiger charge is 2.30. The van der Waals surface area contributed by atoms with Gasteiger partial charge in [-0.05, 0) is 48.7 Å². The maximum absolute atomic E-state index is 14.2. The fourth-order valence-electron chi connectivity index (χ4n) is 5.03. The van der Waals surface area contributed by atoms with Crippen molar-refractivity contribution in [2.45, 2.75) is 25.8 Å². The van der Waals surface area contributed by atoms with Gasteiger partial charge in [0, 0.05) is 54.1 Å². The van der Waals surface area contributed by atoms with Crippen LogP contribution in [0.1, 0.15) is 30.7 Å². The number of nitrogens with one attached hydrogen (secondary N) is 1. The molecular formula is C27H25FN6O. The molecule has 7 nitrogen and oxygen atoms in total. The number of hydrogen-bond acceptors (Lipinski definition) is 6. The minimum atomic E-state index is -0.164. The zero-order chi connectivity index (χ0) is 23.8. The number of piperidine rings is 1. The molecule has 2 atom stereocenters. The molecule has 8 heteroatoms. The van der Waals surface area contributed by atoms with Gasteiger partial charge in [-0.15, -0.1) is 10.2 Å². The van der Waals surface area contributed by atoms with Crippen LogP contribution in [0.25, 0.3) is 33.6 Å². The Bertz CT molecular complexity index is 1460. The monoisotopic (exact) mass is 468 g/mol. The van der Waals surface area contributed by atoms with Crippen molar-refractivity contribution >= 4 is 10.9 Å². The summed E-state index contributed by atoms with van der Waals surface area (Å²) in [6.07, 6.45) is 4.47. The van der Waals surface area contributed by atoms with E-state index < -0.39 is 0 Å². The van der Waals surface area contributed by atoms with Gasteiger partial charge in [0.1, 0.15) is 11.5 Å². The Balaban J connectivity index is 1.25. The number of hydrogen-bond donors (Lipinski definition) is 1. The third-order valence-corrected chi connectivity index (χ3v) is 6.64. The molecule has 1 aliphatic heterocycles. The van der Waals surface area contributed by atoms with Gasteiger partial charge in [0.15, 0.2) is 0 Å². The van der Waals surface area contributed by atoms with Crippen LogP contribution in [0.2, 0.25) is 0 Å². The fraction of sp³-hybridized carbons (Fsp3) is 0.259. The summed E-state index contributed by atoms with van der Waals surface area (Å²) in [6.45, 7) is 4.46. The Labute approximate surface area is 202 Å². The molecule has 35 heavy (non-hydrogen) atoms. The predicted octanol–water partition coefficient (Wildman–Crippen LogP) is 5.44. The largest absolute Gasteiger partial charge is 0.420 e. The molecule has 1 saturated heterocycles. The third-order valence-electron chi connectivity index (χ3n) is 6.64. The smallest absolute Gasteiger partial charge is 0.247 e. The minimum Gasteiger partial charge on any atom is -0.420 e. The highest BCUT2D eigenvalue weighted by molar-refractivity contribution is 5.95. The second-order valence-electron chi connectivity index (χ2n) is 9.34. The van der Waals surface area contributed by atoms with Gasteiger partial charge in [0.2, 0.25) is 11.8 Å². The van der Waals surface area contributed by atoms with Crippen molar-refractivity contribution < 1.29 is 8.81 Å². The first-order chi connectivity index (χ1) is 17.1. The first kappa shape index (κ1) is 21.6. The molecule has 1 fully saturated rings. The quantitative estimate of drug-likeness (QED) is 0.370. The molecule has 1 aliphatic rings. The van der Waals surface area contributed by atoms with Gasteiger partial charge in [0.05, 0.1) is 11.4 Å². The van der Waals surface area contributed by atoms with Crippen LogP contribution in [0.5, 0.6) is 0 Å². The van der Waals surface area contributed by atoms with E-state index in [-0.39, 0.29) is 11.7 Å². The van der Waals surface area contributed by atoms with Gasteiger partial charge >= 0.3 is 0 Å². The first-order valence-electron chi connectivity index (χ1n) is 11.8. The summed E-state index contributed by atoms with van der Waals surface area (Å²) < 4.78 is 20.4. The Morgan fingerprint density at radius 1 is 1.03 bits per heavy atom. The number of rotatable bonds is 5. The summed E-state index contributed by atoms with van der Waals surface area (Å²) in [6, 6.07) is 16.8. The van der Waals surface area contributed by atoms with Gasteiger partial charge in [-0.3, -0.25) is 15.0 Å². The number of likely N-dealkylation sites (tertiary alicyclic amines) is 1. The first-order valence-corrected chi connectivity index (χ1v) is 11.8. The third kappa shape index (κ3) is 4.33. The van der Waals surface area contributed by atoms with E-state index in [0.29, 0.717) is 29.8 Å². The average molecular weight is 469 g/mol. The molecule has 3 aromatic heterocycles. The van der Waals surface area contributed by atoms with Gasteiger partial charge < -0.3 is 4.42 Å². The zero-order valence-corrected chi connectivity index (χ0v) is 19.4. The topological polar surface area (TPSA) is 83.7 Å². The van der Waals surface area contributed by atoms with E-state index in [2.05, 4.69) is 37.2 Å². The van der Waals surface area contributed by atoms with Crippen molar-refractivity contribution in [3.05, 3.63) is 84.3 Å². The Morgan fingerprint density at radius 3 is 2.74 bits per heavy atom. The molecule has 1 N–H and O–H groups in total. The van der Waals surface area contributed by atoms with E-state index in [9.17, 15) is 4.39 Å². The molecule has 0 aliphatic carbocycles. The maximum atomic E-state index is 14.2. The number of fused-ring (bicyclic) bond motifs is 1. The van der Waals surface area contributed by atoms with Crippen LogP contribution in [0.15, 0.2) is 71.4 Å². The highest BCUT2D eigenvalue weighted by atomic mass is 19.1. The van der Waals surface area contributed by atoms with Crippen molar-refractivity contribution in [1.82, 2.24) is 30.3 Å². The van der Waals surface area contributed by atoms with Gasteiger partial charge in [0.25, 0.3) is 0 Å². The molecule has 176 valence electrons. The number of halogens is 1. The standard InChI is InChI=1S/C27H25FN6O/c1-17-12-21(16-34(14-17)15-20-4-2-3-5-23(20)28)27-33-32-26(35-27)19-6-7-24-22(13-19)25(31-30-24)18-8-10-29-11-9-18/h2-11,13,17,21H,12,14-16H2,1H3,(H,30,31)/t17-,21+/m0/s1. The molecule has 2 aromatic carbocycles. The Hall–Kier alpha value is -3.91. The molecule has 0 radical (unpaired) electrons. The highest BCUT2D eigenvalue weighted by Crippen LogP contribution is 2.34. The molecule has 0 bridgehead atoms. The van der Waals surface area contributed by atoms with Crippen molar-refractivity contribution in [3.63, 3.8) is 0 Å². The van der Waals surface area contributed by atoms with E-state index >= 15 is 0 Å². The fourth-order valence-corrected chi connectivity index (χ4v) is 5.03. The minimum absolute atomic E-state index is 0.108. The van der Waals surface area contributed by atoms with Crippen molar-refractivity contribution in [2.75, 3.05) is 13.1 Å². The van der Waals surface area contributed by atoms with Gasteiger partial charge in [-0.25, -0.2) is 4.39 Å². The van der Waals surface area contributed by atoms with Crippen molar-refractivity contribution in [1.29, 1.82) is 0 Å². The molecule has 6 rings (SSSR count). The van der Waals surface area contributed by atoms with Gasteiger partial charge in [-0.1, -0.05) is 25.1 Å². The molecule has 0 saturated carbocycles. The van der Waals surface area contributed by atoms with Crippen LogP contribution in [0.3, 0.4) is 0 Å². The number of aromatic nitrogens is 5. The van der Waals surface area contributed by atoms with Crippen molar-refractivity contribution in [3.8, 4) is 22.7 Å². The number of benzene rings is 2. The van der Waals surface area contributed by atoms with Crippen LogP contribution in [0, 0.1) is 11.7 Å². The second-order valence-corrected chi connectivity index (χ2v) is 9.34. The Kier molecular flexibility index (Phi) is 5.58. The molecule has 4 heterocycles. The number of pyridine rings is 1. The molecule has 0 spiro atoms. The van der Waals surface area contributed by atoms with Crippen LogP contribution in [-0.2, 0) is 6.54 Å². The summed E-state index contributed by atoms with van der Waals surface area (Å²) in [5.41, 5.74) is 4.34. The predicted molar refractivity (Wildman–Crippen MR) is 131 cm³/mol. The Morgan fingerprint density at radius 2 is 1.89 bits per heavy atom. The summed E-state index contributed by atoms with van der Waals surface area (Å²) in [4.78, 5) is 6.37. The number of aromatic amines is 1. The van der Waals surface area contributed by atoms with E-state index in [1.165, 1.54) is 6.07 Å². The van der Waals surface area contributed by atoms with Crippen LogP contribution in [0.4, 0.5) is 4.39 Å².